The molecule has 1 aliphatic rings. The van der Waals surface area contributed by atoms with Crippen molar-refractivity contribution in [3.8, 4) is 0 Å². The van der Waals surface area contributed by atoms with Crippen LogP contribution in [0.25, 0.3) is 0 Å². The standard InChI is InChI=1S/C19H30N6S/c1-5-20-19(21-9-8-17-15(2)22-23(4)16(17)3)25-12-10-24(11-13-25)18-7-6-14-26-18/h6-7,14H,5,8-13H2,1-4H3,(H,20,21). The molecule has 0 amide bonds. The van der Waals surface area contributed by atoms with E-state index in [1.54, 1.807) is 0 Å². The number of aryl methyl sites for hydroxylation is 2. The van der Waals surface area contributed by atoms with Gasteiger partial charge >= 0.3 is 0 Å². The van der Waals surface area contributed by atoms with Crippen molar-refractivity contribution >= 4 is 22.3 Å². The van der Waals surface area contributed by atoms with E-state index in [1.807, 2.05) is 23.1 Å². The molecule has 26 heavy (non-hydrogen) atoms. The molecule has 0 saturated carbocycles. The van der Waals surface area contributed by atoms with Crippen LogP contribution in [0.3, 0.4) is 0 Å². The normalized spacial score (nSPS) is 15.6. The van der Waals surface area contributed by atoms with Crippen molar-refractivity contribution in [1.82, 2.24) is 20.0 Å². The van der Waals surface area contributed by atoms with Crippen LogP contribution in [-0.4, -0.2) is 59.9 Å². The number of nitrogens with one attached hydrogen (secondary N) is 1. The second-order valence-corrected chi connectivity index (χ2v) is 7.61. The van der Waals surface area contributed by atoms with Gasteiger partial charge in [-0.1, -0.05) is 0 Å². The van der Waals surface area contributed by atoms with Gasteiger partial charge in [-0.15, -0.1) is 11.3 Å². The van der Waals surface area contributed by atoms with Crippen LogP contribution in [0.1, 0.15) is 23.9 Å². The van der Waals surface area contributed by atoms with Gasteiger partial charge in [0.15, 0.2) is 5.96 Å². The average Bonchev–Trinajstić information content (AvgIpc) is 3.25. The molecule has 1 aliphatic heterocycles. The summed E-state index contributed by atoms with van der Waals surface area (Å²) in [6.07, 6.45) is 0.940. The molecule has 0 aliphatic carbocycles. The summed E-state index contributed by atoms with van der Waals surface area (Å²) < 4.78 is 1.96. The highest BCUT2D eigenvalue weighted by Gasteiger charge is 2.20. The molecular formula is C19H30N6S. The van der Waals surface area contributed by atoms with Crippen LogP contribution in [0.2, 0.25) is 0 Å². The zero-order chi connectivity index (χ0) is 18.5. The fourth-order valence-corrected chi connectivity index (χ4v) is 4.25. The van der Waals surface area contributed by atoms with Gasteiger partial charge in [0, 0.05) is 52.0 Å². The molecule has 142 valence electrons. The van der Waals surface area contributed by atoms with Crippen LogP contribution in [0.5, 0.6) is 0 Å². The molecule has 0 spiro atoms. The van der Waals surface area contributed by atoms with E-state index in [4.69, 9.17) is 4.99 Å². The van der Waals surface area contributed by atoms with Gasteiger partial charge in [0.1, 0.15) is 0 Å². The number of thiophene rings is 1. The first kappa shape index (κ1) is 18.8. The summed E-state index contributed by atoms with van der Waals surface area (Å²) in [7, 11) is 2.01. The maximum absolute atomic E-state index is 4.89. The molecular weight excluding hydrogens is 344 g/mol. The van der Waals surface area contributed by atoms with E-state index in [1.165, 1.54) is 16.3 Å². The van der Waals surface area contributed by atoms with E-state index >= 15 is 0 Å². The first-order valence-electron chi connectivity index (χ1n) is 9.41. The summed E-state index contributed by atoms with van der Waals surface area (Å²) >= 11 is 1.82. The van der Waals surface area contributed by atoms with Crippen LogP contribution < -0.4 is 10.2 Å². The molecule has 0 unspecified atom stereocenters. The third kappa shape index (κ3) is 4.20. The number of hydrogen-bond acceptors (Lipinski definition) is 4. The number of anilines is 1. The van der Waals surface area contributed by atoms with E-state index in [2.05, 4.69) is 58.5 Å². The third-order valence-electron chi connectivity index (χ3n) is 5.01. The van der Waals surface area contributed by atoms with Crippen molar-refractivity contribution in [2.24, 2.45) is 12.0 Å². The predicted molar refractivity (Wildman–Crippen MR) is 110 cm³/mol. The van der Waals surface area contributed by atoms with Gasteiger partial charge in [-0.3, -0.25) is 9.67 Å². The lowest BCUT2D eigenvalue weighted by molar-refractivity contribution is 0.373. The maximum Gasteiger partial charge on any atom is 0.194 e. The second kappa shape index (κ2) is 8.58. The molecule has 1 fully saturated rings. The number of guanidine groups is 1. The molecule has 2 aromatic rings. The lowest BCUT2D eigenvalue weighted by Gasteiger charge is -2.37. The third-order valence-corrected chi connectivity index (χ3v) is 5.94. The molecule has 1 saturated heterocycles. The van der Waals surface area contributed by atoms with Gasteiger partial charge in [-0.2, -0.15) is 5.10 Å². The van der Waals surface area contributed by atoms with Gasteiger partial charge in [0.25, 0.3) is 0 Å². The lowest BCUT2D eigenvalue weighted by atomic mass is 10.1. The van der Waals surface area contributed by atoms with E-state index in [-0.39, 0.29) is 0 Å². The van der Waals surface area contributed by atoms with Gasteiger partial charge in [0.2, 0.25) is 0 Å². The van der Waals surface area contributed by atoms with Crippen molar-refractivity contribution in [3.05, 3.63) is 34.5 Å². The first-order valence-corrected chi connectivity index (χ1v) is 10.3. The second-order valence-electron chi connectivity index (χ2n) is 6.68. The molecule has 0 atom stereocenters. The van der Waals surface area contributed by atoms with Crippen molar-refractivity contribution < 1.29 is 0 Å². The van der Waals surface area contributed by atoms with Crippen LogP contribution in [0.15, 0.2) is 22.5 Å². The van der Waals surface area contributed by atoms with E-state index < -0.39 is 0 Å². The molecule has 0 radical (unpaired) electrons. The average molecular weight is 375 g/mol. The molecule has 0 aromatic carbocycles. The highest BCUT2D eigenvalue weighted by Crippen LogP contribution is 2.22. The highest BCUT2D eigenvalue weighted by atomic mass is 32.1. The first-order chi connectivity index (χ1) is 12.6. The van der Waals surface area contributed by atoms with Gasteiger partial charge < -0.3 is 15.1 Å². The Morgan fingerprint density at radius 3 is 2.62 bits per heavy atom. The Balaban J connectivity index is 1.59. The number of piperazine rings is 1. The monoisotopic (exact) mass is 374 g/mol. The number of rotatable bonds is 5. The fourth-order valence-electron chi connectivity index (χ4n) is 3.47. The van der Waals surface area contributed by atoms with Crippen LogP contribution in [0.4, 0.5) is 5.00 Å². The Kier molecular flexibility index (Phi) is 6.19. The number of hydrogen-bond donors (Lipinski definition) is 1. The van der Waals surface area contributed by atoms with Gasteiger partial charge in [0.05, 0.1) is 10.7 Å². The van der Waals surface area contributed by atoms with Gasteiger partial charge in [-0.25, -0.2) is 0 Å². The van der Waals surface area contributed by atoms with Crippen molar-refractivity contribution in [2.75, 3.05) is 44.2 Å². The number of nitrogens with zero attached hydrogens (tertiary/aromatic N) is 5. The topological polar surface area (TPSA) is 48.7 Å². The quantitative estimate of drug-likeness (QED) is 0.645. The van der Waals surface area contributed by atoms with Crippen molar-refractivity contribution in [1.29, 1.82) is 0 Å². The summed E-state index contributed by atoms with van der Waals surface area (Å²) in [5, 5.41) is 11.5. The predicted octanol–water partition coefficient (Wildman–Crippen LogP) is 2.43. The Bertz CT molecular complexity index is 726. The molecule has 3 heterocycles. The Morgan fingerprint density at radius 2 is 2.04 bits per heavy atom. The summed E-state index contributed by atoms with van der Waals surface area (Å²) in [5.74, 6) is 1.04. The van der Waals surface area contributed by atoms with Gasteiger partial charge in [-0.05, 0) is 50.3 Å². The zero-order valence-corrected chi connectivity index (χ0v) is 17.1. The molecule has 0 bridgehead atoms. The van der Waals surface area contributed by atoms with E-state index in [0.29, 0.717) is 0 Å². The number of aliphatic imine (C=N–C) groups is 1. The Labute approximate surface area is 160 Å². The van der Waals surface area contributed by atoms with Crippen molar-refractivity contribution in [2.45, 2.75) is 27.2 Å². The van der Waals surface area contributed by atoms with E-state index in [0.717, 1.165) is 57.3 Å². The summed E-state index contributed by atoms with van der Waals surface area (Å²) in [6.45, 7) is 12.2. The molecule has 7 heteroatoms. The van der Waals surface area contributed by atoms with Crippen LogP contribution in [-0.2, 0) is 13.5 Å². The lowest BCUT2D eigenvalue weighted by Crippen LogP contribution is -2.52. The maximum atomic E-state index is 4.89. The molecule has 3 rings (SSSR count). The molecule has 2 aromatic heterocycles. The minimum atomic E-state index is 0.793. The Hall–Kier alpha value is -2.02. The molecule has 1 N–H and O–H groups in total. The smallest absolute Gasteiger partial charge is 0.194 e. The van der Waals surface area contributed by atoms with Crippen LogP contribution >= 0.6 is 11.3 Å². The van der Waals surface area contributed by atoms with Crippen LogP contribution in [0, 0.1) is 13.8 Å². The number of aromatic nitrogens is 2. The SMILES string of the molecule is CCNC(=NCCc1c(C)nn(C)c1C)N1CCN(c2cccs2)CC1. The highest BCUT2D eigenvalue weighted by molar-refractivity contribution is 7.14. The summed E-state index contributed by atoms with van der Waals surface area (Å²) in [6, 6.07) is 4.33. The zero-order valence-electron chi connectivity index (χ0n) is 16.3. The van der Waals surface area contributed by atoms with Crippen molar-refractivity contribution in [3.63, 3.8) is 0 Å². The Morgan fingerprint density at radius 1 is 1.27 bits per heavy atom. The summed E-state index contributed by atoms with van der Waals surface area (Å²) in [4.78, 5) is 9.74. The summed E-state index contributed by atoms with van der Waals surface area (Å²) in [5.41, 5.74) is 3.69. The largest absolute Gasteiger partial charge is 0.360 e. The minimum absolute atomic E-state index is 0.793. The fraction of sp³-hybridized carbons (Fsp3) is 0.579. The molecule has 6 nitrogen and oxygen atoms in total. The minimum Gasteiger partial charge on any atom is -0.360 e. The van der Waals surface area contributed by atoms with E-state index in [9.17, 15) is 0 Å².